The second-order valence-corrected chi connectivity index (χ2v) is 7.74. The largest absolute Gasteiger partial charge is 0.493 e. The Labute approximate surface area is 173 Å². The molecule has 3 aromatic rings. The highest BCUT2D eigenvalue weighted by Gasteiger charge is 2.14. The number of hydrogen-bond acceptors (Lipinski definition) is 6. The SMILES string of the molecule is CCc1cc2c(=O)n(CC(=O)NCCc3ccc(OC)c(OC)c3)c(C)nc2s1. The average molecular weight is 416 g/mol. The number of ether oxygens (including phenoxy) is 2. The second kappa shape index (κ2) is 9.09. The first kappa shape index (κ1) is 20.9. The van der Waals surface area contributed by atoms with Crippen molar-refractivity contribution in [2.45, 2.75) is 33.2 Å². The summed E-state index contributed by atoms with van der Waals surface area (Å²) in [5.41, 5.74) is 0.850. The maximum Gasteiger partial charge on any atom is 0.262 e. The molecular weight excluding hydrogens is 390 g/mol. The maximum absolute atomic E-state index is 12.8. The zero-order valence-electron chi connectivity index (χ0n) is 17.1. The van der Waals surface area contributed by atoms with Gasteiger partial charge in [-0.2, -0.15) is 0 Å². The number of carbonyl (C=O) groups is 1. The molecule has 2 heterocycles. The van der Waals surface area contributed by atoms with E-state index in [9.17, 15) is 9.59 Å². The molecule has 0 saturated carbocycles. The first-order chi connectivity index (χ1) is 14.0. The van der Waals surface area contributed by atoms with Gasteiger partial charge in [0.05, 0.1) is 19.6 Å². The summed E-state index contributed by atoms with van der Waals surface area (Å²) < 4.78 is 12.0. The molecule has 7 nitrogen and oxygen atoms in total. The number of amides is 1. The highest BCUT2D eigenvalue weighted by molar-refractivity contribution is 7.18. The number of nitrogens with one attached hydrogen (secondary N) is 1. The highest BCUT2D eigenvalue weighted by atomic mass is 32.1. The fourth-order valence-corrected chi connectivity index (χ4v) is 4.11. The van der Waals surface area contributed by atoms with Crippen molar-refractivity contribution in [2.75, 3.05) is 20.8 Å². The fraction of sp³-hybridized carbons (Fsp3) is 0.381. The summed E-state index contributed by atoms with van der Waals surface area (Å²) in [6, 6.07) is 7.53. The number of aromatic nitrogens is 2. The van der Waals surface area contributed by atoms with E-state index in [4.69, 9.17) is 9.47 Å². The van der Waals surface area contributed by atoms with Gasteiger partial charge < -0.3 is 14.8 Å². The van der Waals surface area contributed by atoms with Gasteiger partial charge in [0.1, 0.15) is 17.2 Å². The number of methoxy groups -OCH3 is 2. The fourth-order valence-electron chi connectivity index (χ4n) is 3.11. The minimum absolute atomic E-state index is 0.0448. The first-order valence-electron chi connectivity index (χ1n) is 9.44. The van der Waals surface area contributed by atoms with Crippen molar-refractivity contribution in [3.63, 3.8) is 0 Å². The van der Waals surface area contributed by atoms with Crippen LogP contribution in [-0.2, 0) is 24.2 Å². The van der Waals surface area contributed by atoms with Crippen LogP contribution in [0.2, 0.25) is 0 Å². The zero-order valence-corrected chi connectivity index (χ0v) is 17.9. The second-order valence-electron chi connectivity index (χ2n) is 6.62. The van der Waals surface area contributed by atoms with Crippen LogP contribution >= 0.6 is 11.3 Å². The first-order valence-corrected chi connectivity index (χ1v) is 10.3. The molecule has 3 rings (SSSR count). The van der Waals surface area contributed by atoms with E-state index in [1.807, 2.05) is 31.2 Å². The summed E-state index contributed by atoms with van der Waals surface area (Å²) in [7, 11) is 3.18. The monoisotopic (exact) mass is 415 g/mol. The van der Waals surface area contributed by atoms with Crippen molar-refractivity contribution in [3.8, 4) is 11.5 Å². The van der Waals surface area contributed by atoms with E-state index in [0.29, 0.717) is 35.7 Å². The molecule has 0 aliphatic carbocycles. The Bertz CT molecular complexity index is 1090. The predicted molar refractivity (Wildman–Crippen MR) is 114 cm³/mol. The van der Waals surface area contributed by atoms with E-state index in [1.54, 1.807) is 21.1 Å². The van der Waals surface area contributed by atoms with Crippen molar-refractivity contribution in [2.24, 2.45) is 0 Å². The number of rotatable bonds is 8. The topological polar surface area (TPSA) is 82.5 Å². The summed E-state index contributed by atoms with van der Waals surface area (Å²) in [5, 5.41) is 3.45. The molecule has 0 bridgehead atoms. The molecule has 1 N–H and O–H groups in total. The third-order valence-corrected chi connectivity index (χ3v) is 5.90. The molecule has 0 spiro atoms. The Morgan fingerprint density at radius 3 is 2.66 bits per heavy atom. The lowest BCUT2D eigenvalue weighted by Gasteiger charge is -2.11. The molecule has 0 atom stereocenters. The Kier molecular flexibility index (Phi) is 6.53. The lowest BCUT2D eigenvalue weighted by molar-refractivity contribution is -0.121. The molecule has 154 valence electrons. The lowest BCUT2D eigenvalue weighted by Crippen LogP contribution is -2.34. The normalized spacial score (nSPS) is 10.9. The van der Waals surface area contributed by atoms with Crippen molar-refractivity contribution < 1.29 is 14.3 Å². The zero-order chi connectivity index (χ0) is 21.0. The molecule has 0 fully saturated rings. The van der Waals surface area contributed by atoms with Crippen molar-refractivity contribution >= 4 is 27.5 Å². The van der Waals surface area contributed by atoms with Crippen molar-refractivity contribution in [3.05, 3.63) is 50.9 Å². The van der Waals surface area contributed by atoms with Crippen LogP contribution in [0.15, 0.2) is 29.1 Å². The Balaban J connectivity index is 1.65. The number of thiophene rings is 1. The molecule has 1 amide bonds. The van der Waals surface area contributed by atoms with Crippen LogP contribution in [0.1, 0.15) is 23.2 Å². The van der Waals surface area contributed by atoms with Gasteiger partial charge in [0, 0.05) is 11.4 Å². The van der Waals surface area contributed by atoms with Gasteiger partial charge in [-0.15, -0.1) is 11.3 Å². The smallest absolute Gasteiger partial charge is 0.262 e. The molecule has 0 radical (unpaired) electrons. The van der Waals surface area contributed by atoms with Crippen LogP contribution in [0.4, 0.5) is 0 Å². The van der Waals surface area contributed by atoms with Crippen molar-refractivity contribution in [1.82, 2.24) is 14.9 Å². The van der Waals surface area contributed by atoms with Gasteiger partial charge in [-0.1, -0.05) is 13.0 Å². The van der Waals surface area contributed by atoms with Crippen LogP contribution in [0.5, 0.6) is 11.5 Å². The molecule has 2 aromatic heterocycles. The third-order valence-electron chi connectivity index (χ3n) is 4.73. The van der Waals surface area contributed by atoms with E-state index < -0.39 is 0 Å². The van der Waals surface area contributed by atoms with Gasteiger partial charge >= 0.3 is 0 Å². The van der Waals surface area contributed by atoms with Crippen LogP contribution in [0.3, 0.4) is 0 Å². The van der Waals surface area contributed by atoms with Gasteiger partial charge in [-0.25, -0.2) is 4.98 Å². The van der Waals surface area contributed by atoms with Gasteiger partial charge in [0.2, 0.25) is 5.91 Å². The van der Waals surface area contributed by atoms with Crippen LogP contribution in [0, 0.1) is 6.92 Å². The molecular formula is C21H25N3O4S. The van der Waals surface area contributed by atoms with Gasteiger partial charge in [0.25, 0.3) is 5.56 Å². The summed E-state index contributed by atoms with van der Waals surface area (Å²) in [6.45, 7) is 4.21. The summed E-state index contributed by atoms with van der Waals surface area (Å²) in [6.07, 6.45) is 1.50. The molecule has 8 heteroatoms. The Hall–Kier alpha value is -2.87. The van der Waals surface area contributed by atoms with Crippen LogP contribution in [-0.4, -0.2) is 36.2 Å². The quantitative estimate of drug-likeness (QED) is 0.612. The summed E-state index contributed by atoms with van der Waals surface area (Å²) in [5.74, 6) is 1.64. The molecule has 0 saturated heterocycles. The standard InChI is InChI=1S/C21H25N3O4S/c1-5-15-11-16-20(29-15)23-13(2)24(21(16)26)12-19(25)22-9-8-14-6-7-17(27-3)18(10-14)28-4/h6-7,10-11H,5,8-9,12H2,1-4H3,(H,22,25). The minimum Gasteiger partial charge on any atom is -0.493 e. The van der Waals surface area contributed by atoms with Gasteiger partial charge in [0.15, 0.2) is 11.5 Å². The number of hydrogen-bond donors (Lipinski definition) is 1. The highest BCUT2D eigenvalue weighted by Crippen LogP contribution is 2.27. The lowest BCUT2D eigenvalue weighted by atomic mass is 10.1. The van der Waals surface area contributed by atoms with E-state index in [2.05, 4.69) is 10.3 Å². The molecule has 1 aromatic carbocycles. The van der Waals surface area contributed by atoms with E-state index >= 15 is 0 Å². The van der Waals surface area contributed by atoms with Crippen LogP contribution < -0.4 is 20.3 Å². The van der Waals surface area contributed by atoms with Gasteiger partial charge in [-0.3, -0.25) is 14.2 Å². The Morgan fingerprint density at radius 1 is 1.21 bits per heavy atom. The third kappa shape index (κ3) is 4.59. The Morgan fingerprint density at radius 2 is 1.97 bits per heavy atom. The molecule has 0 aliphatic heterocycles. The van der Waals surface area contributed by atoms with E-state index in [0.717, 1.165) is 21.7 Å². The number of aryl methyl sites for hydroxylation is 2. The van der Waals surface area contributed by atoms with E-state index in [-0.39, 0.29) is 18.0 Å². The number of benzene rings is 1. The number of nitrogens with zero attached hydrogens (tertiary/aromatic N) is 2. The summed E-state index contributed by atoms with van der Waals surface area (Å²) in [4.78, 5) is 31.5. The minimum atomic E-state index is -0.220. The number of fused-ring (bicyclic) bond motifs is 1. The van der Waals surface area contributed by atoms with Gasteiger partial charge in [-0.05, 0) is 43.5 Å². The predicted octanol–water partition coefficient (Wildman–Crippen LogP) is 2.70. The van der Waals surface area contributed by atoms with E-state index in [1.165, 1.54) is 15.9 Å². The summed E-state index contributed by atoms with van der Waals surface area (Å²) >= 11 is 1.53. The van der Waals surface area contributed by atoms with Crippen LogP contribution in [0.25, 0.3) is 10.2 Å². The molecule has 0 unspecified atom stereocenters. The molecule has 29 heavy (non-hydrogen) atoms. The molecule has 0 aliphatic rings. The maximum atomic E-state index is 12.8. The van der Waals surface area contributed by atoms with Crippen molar-refractivity contribution in [1.29, 1.82) is 0 Å². The number of carbonyl (C=O) groups excluding carboxylic acids is 1. The average Bonchev–Trinajstić information content (AvgIpc) is 3.14.